The van der Waals surface area contributed by atoms with E-state index in [1.807, 2.05) is 25.1 Å². The van der Waals surface area contributed by atoms with E-state index in [0.29, 0.717) is 11.1 Å². The Morgan fingerprint density at radius 2 is 2.15 bits per heavy atom. The van der Waals surface area contributed by atoms with E-state index in [4.69, 9.17) is 4.42 Å². The molecule has 4 rings (SSSR count). The van der Waals surface area contributed by atoms with Crippen LogP contribution in [0.2, 0.25) is 0 Å². The summed E-state index contributed by atoms with van der Waals surface area (Å²) < 4.78 is 7.36. The number of nitrogens with one attached hydrogen (secondary N) is 1. The minimum atomic E-state index is -0.414. The molecule has 0 unspecified atom stereocenters. The maximum atomic E-state index is 10.9. The van der Waals surface area contributed by atoms with Gasteiger partial charge in [-0.15, -0.1) is 5.10 Å². The Bertz CT molecular complexity index is 963. The first-order valence-corrected chi connectivity index (χ1v) is 9.00. The maximum absolute atomic E-state index is 10.9. The van der Waals surface area contributed by atoms with Gasteiger partial charge in [0.25, 0.3) is 5.69 Å². The average Bonchev–Trinajstić information content (AvgIpc) is 3.30. The van der Waals surface area contributed by atoms with Crippen molar-refractivity contribution >= 4 is 29.1 Å². The SMILES string of the molecule is CCSc1nc2n(n1)[C@@H](c1ccco1)C=C(c1ccc([N+](=O)[O-])cc1)N2. The van der Waals surface area contributed by atoms with Gasteiger partial charge in [0.05, 0.1) is 11.2 Å². The molecule has 26 heavy (non-hydrogen) atoms. The number of allylic oxidation sites excluding steroid dienone is 1. The van der Waals surface area contributed by atoms with Crippen molar-refractivity contribution in [3.8, 4) is 0 Å². The van der Waals surface area contributed by atoms with Crippen LogP contribution in [-0.2, 0) is 0 Å². The van der Waals surface area contributed by atoms with Crippen molar-refractivity contribution in [3.63, 3.8) is 0 Å². The molecule has 0 fully saturated rings. The zero-order valence-corrected chi connectivity index (χ0v) is 14.6. The fourth-order valence-electron chi connectivity index (χ4n) is 2.76. The first-order valence-electron chi connectivity index (χ1n) is 8.02. The monoisotopic (exact) mass is 369 g/mol. The van der Waals surface area contributed by atoms with E-state index in [1.54, 1.807) is 34.8 Å². The molecule has 0 bridgehead atoms. The number of hydrogen-bond acceptors (Lipinski definition) is 7. The second-order valence-corrected chi connectivity index (χ2v) is 6.80. The first kappa shape index (κ1) is 16.4. The van der Waals surface area contributed by atoms with Gasteiger partial charge in [-0.25, -0.2) is 4.68 Å². The Labute approximate surface area is 153 Å². The lowest BCUT2D eigenvalue weighted by molar-refractivity contribution is -0.384. The van der Waals surface area contributed by atoms with Crippen molar-refractivity contribution in [2.75, 3.05) is 11.1 Å². The number of nitro benzene ring substituents is 1. The van der Waals surface area contributed by atoms with Gasteiger partial charge < -0.3 is 9.73 Å². The van der Waals surface area contributed by atoms with Gasteiger partial charge >= 0.3 is 0 Å². The van der Waals surface area contributed by atoms with Crippen LogP contribution in [0.25, 0.3) is 5.70 Å². The number of thioether (sulfide) groups is 1. The van der Waals surface area contributed by atoms with Crippen LogP contribution in [0.3, 0.4) is 0 Å². The molecule has 1 N–H and O–H groups in total. The molecule has 1 aromatic carbocycles. The molecule has 3 heterocycles. The fourth-order valence-corrected chi connectivity index (χ4v) is 3.31. The minimum Gasteiger partial charge on any atom is -0.467 e. The molecule has 0 saturated heterocycles. The smallest absolute Gasteiger partial charge is 0.269 e. The van der Waals surface area contributed by atoms with Gasteiger partial charge in [-0.1, -0.05) is 18.7 Å². The third-order valence-corrected chi connectivity index (χ3v) is 4.66. The molecule has 0 spiro atoms. The molecule has 3 aromatic rings. The number of nitro groups is 1. The Kier molecular flexibility index (Phi) is 4.21. The number of furan rings is 1. The zero-order valence-electron chi connectivity index (χ0n) is 13.8. The molecule has 2 aromatic heterocycles. The minimum absolute atomic E-state index is 0.0533. The van der Waals surface area contributed by atoms with Crippen LogP contribution in [0.15, 0.2) is 58.3 Å². The molecule has 0 aliphatic carbocycles. The quantitative estimate of drug-likeness (QED) is 0.413. The fraction of sp³-hybridized carbons (Fsp3) is 0.176. The van der Waals surface area contributed by atoms with Gasteiger partial charge in [0, 0.05) is 17.8 Å². The van der Waals surface area contributed by atoms with Gasteiger partial charge in [-0.2, -0.15) is 4.98 Å². The molecule has 1 aliphatic heterocycles. The van der Waals surface area contributed by atoms with Gasteiger partial charge in [-0.3, -0.25) is 10.1 Å². The van der Waals surface area contributed by atoms with Crippen LogP contribution >= 0.6 is 11.8 Å². The summed E-state index contributed by atoms with van der Waals surface area (Å²) in [6, 6.07) is 9.86. The van der Waals surface area contributed by atoms with Crippen LogP contribution in [-0.4, -0.2) is 25.4 Å². The first-order chi connectivity index (χ1) is 12.7. The molecule has 9 heteroatoms. The van der Waals surface area contributed by atoms with Gasteiger partial charge in [0.15, 0.2) is 0 Å². The lowest BCUT2D eigenvalue weighted by Crippen LogP contribution is -2.19. The molecular formula is C17H15N5O3S. The van der Waals surface area contributed by atoms with Crippen LogP contribution in [0.5, 0.6) is 0 Å². The van der Waals surface area contributed by atoms with Gasteiger partial charge in [0.1, 0.15) is 11.8 Å². The maximum Gasteiger partial charge on any atom is 0.269 e. The average molecular weight is 369 g/mol. The number of fused-ring (bicyclic) bond motifs is 1. The molecule has 8 nitrogen and oxygen atoms in total. The normalized spacial score (nSPS) is 15.9. The largest absolute Gasteiger partial charge is 0.467 e. The predicted octanol–water partition coefficient (Wildman–Crippen LogP) is 3.95. The number of nitrogens with zero attached hydrogens (tertiary/aromatic N) is 4. The summed E-state index contributed by atoms with van der Waals surface area (Å²) in [4.78, 5) is 15.0. The summed E-state index contributed by atoms with van der Waals surface area (Å²) in [6.45, 7) is 2.04. The second kappa shape index (κ2) is 6.68. The van der Waals surface area contributed by atoms with Crippen molar-refractivity contribution in [1.29, 1.82) is 0 Å². The van der Waals surface area contributed by atoms with Gasteiger partial charge in [0.2, 0.25) is 11.1 Å². The summed E-state index contributed by atoms with van der Waals surface area (Å²) >= 11 is 1.56. The van der Waals surface area contributed by atoms with Crippen molar-refractivity contribution in [2.24, 2.45) is 0 Å². The number of non-ortho nitro benzene ring substituents is 1. The molecule has 0 radical (unpaired) electrons. The van der Waals surface area contributed by atoms with Crippen LogP contribution in [0, 0.1) is 10.1 Å². The van der Waals surface area contributed by atoms with Crippen LogP contribution in [0.4, 0.5) is 11.6 Å². The predicted molar refractivity (Wildman–Crippen MR) is 98.0 cm³/mol. The van der Waals surface area contributed by atoms with Crippen molar-refractivity contribution in [3.05, 3.63) is 70.2 Å². The van der Waals surface area contributed by atoms with E-state index in [2.05, 4.69) is 15.4 Å². The molecule has 1 atom stereocenters. The Morgan fingerprint density at radius 1 is 1.35 bits per heavy atom. The van der Waals surface area contributed by atoms with Crippen molar-refractivity contribution in [2.45, 2.75) is 18.1 Å². The molecule has 1 aliphatic rings. The third-order valence-electron chi connectivity index (χ3n) is 3.94. The number of benzene rings is 1. The number of anilines is 1. The number of aromatic nitrogens is 3. The van der Waals surface area contributed by atoms with Crippen molar-refractivity contribution in [1.82, 2.24) is 14.8 Å². The third kappa shape index (κ3) is 2.97. The Hall–Kier alpha value is -3.07. The van der Waals surface area contributed by atoms with Gasteiger partial charge in [-0.05, 0) is 41.7 Å². The van der Waals surface area contributed by atoms with Crippen LogP contribution < -0.4 is 5.32 Å². The Morgan fingerprint density at radius 3 is 2.81 bits per heavy atom. The van der Waals surface area contributed by atoms with E-state index >= 15 is 0 Å². The van der Waals surface area contributed by atoms with E-state index < -0.39 is 4.92 Å². The highest BCUT2D eigenvalue weighted by atomic mass is 32.2. The topological polar surface area (TPSA) is 99.0 Å². The summed E-state index contributed by atoms with van der Waals surface area (Å²) in [7, 11) is 0. The van der Waals surface area contributed by atoms with Crippen molar-refractivity contribution < 1.29 is 9.34 Å². The molecule has 132 valence electrons. The highest BCUT2D eigenvalue weighted by molar-refractivity contribution is 7.99. The van der Waals surface area contributed by atoms with E-state index in [1.165, 1.54) is 12.1 Å². The summed E-state index contributed by atoms with van der Waals surface area (Å²) in [5.74, 6) is 2.22. The van der Waals surface area contributed by atoms with E-state index in [-0.39, 0.29) is 11.7 Å². The molecular weight excluding hydrogens is 354 g/mol. The van der Waals surface area contributed by atoms with E-state index in [0.717, 1.165) is 22.8 Å². The summed E-state index contributed by atoms with van der Waals surface area (Å²) in [6.07, 6.45) is 3.59. The summed E-state index contributed by atoms with van der Waals surface area (Å²) in [5, 5.41) is 19.4. The lowest BCUT2D eigenvalue weighted by Gasteiger charge is -2.22. The summed E-state index contributed by atoms with van der Waals surface area (Å²) in [5.41, 5.74) is 1.68. The van der Waals surface area contributed by atoms with E-state index in [9.17, 15) is 10.1 Å². The number of rotatable bonds is 5. The lowest BCUT2D eigenvalue weighted by atomic mass is 10.1. The zero-order chi connectivity index (χ0) is 18.1. The van der Waals surface area contributed by atoms with Crippen LogP contribution in [0.1, 0.15) is 24.3 Å². The second-order valence-electron chi connectivity index (χ2n) is 5.57. The standard InChI is InChI=1S/C17H15N5O3S/c1-2-26-17-19-16-18-13(11-5-7-12(8-6-11)22(23)24)10-14(21(16)20-17)15-4-3-9-25-15/h3-10,14H,2H2,1H3,(H,18,19,20)/t14-/m1/s1. The number of hydrogen-bond donors (Lipinski definition) is 1. The highest BCUT2D eigenvalue weighted by Gasteiger charge is 2.27. The molecule has 0 amide bonds. The molecule has 0 saturated carbocycles. The highest BCUT2D eigenvalue weighted by Crippen LogP contribution is 2.34. The Balaban J connectivity index is 1.74.